The van der Waals surface area contributed by atoms with Gasteiger partial charge in [0, 0.05) is 36.2 Å². The standard InChI is InChI=1S/C14H28N2OS/c1-11-6-14(7-15,10-18-11)16-8-12(2,3)17-13(4,5)9-16/h11H,6-10,15H2,1-5H3. The topological polar surface area (TPSA) is 38.5 Å². The minimum atomic E-state index is -0.0829. The number of morpholine rings is 1. The Balaban J connectivity index is 2.21. The van der Waals surface area contributed by atoms with Crippen molar-refractivity contribution in [2.45, 2.75) is 63.0 Å². The van der Waals surface area contributed by atoms with Gasteiger partial charge in [-0.25, -0.2) is 0 Å². The molecule has 2 heterocycles. The molecule has 2 saturated heterocycles. The van der Waals surface area contributed by atoms with Crippen molar-refractivity contribution < 1.29 is 4.74 Å². The molecule has 0 aliphatic carbocycles. The molecule has 2 rings (SSSR count). The van der Waals surface area contributed by atoms with Crippen LogP contribution < -0.4 is 5.73 Å². The average molecular weight is 272 g/mol. The first-order chi connectivity index (χ1) is 8.18. The highest BCUT2D eigenvalue weighted by atomic mass is 32.2. The molecule has 0 bridgehead atoms. The maximum Gasteiger partial charge on any atom is 0.0761 e. The number of thioether (sulfide) groups is 1. The molecule has 4 heteroatoms. The number of hydrogen-bond donors (Lipinski definition) is 1. The zero-order valence-electron chi connectivity index (χ0n) is 12.5. The van der Waals surface area contributed by atoms with E-state index in [0.29, 0.717) is 0 Å². The van der Waals surface area contributed by atoms with Crippen LogP contribution in [0.15, 0.2) is 0 Å². The van der Waals surface area contributed by atoms with E-state index in [0.717, 1.165) is 30.6 Å². The Labute approximate surface area is 116 Å². The third-order valence-corrected chi connectivity index (χ3v) is 5.49. The molecular weight excluding hydrogens is 244 g/mol. The van der Waals surface area contributed by atoms with Crippen LogP contribution >= 0.6 is 11.8 Å². The second-order valence-electron chi connectivity index (χ2n) is 7.23. The van der Waals surface area contributed by atoms with Gasteiger partial charge < -0.3 is 10.5 Å². The molecule has 106 valence electrons. The first-order valence-corrected chi connectivity index (χ1v) is 8.00. The molecule has 2 fully saturated rings. The minimum Gasteiger partial charge on any atom is -0.367 e. The van der Waals surface area contributed by atoms with Crippen molar-refractivity contribution in [2.24, 2.45) is 5.73 Å². The van der Waals surface area contributed by atoms with Crippen LogP contribution in [0.1, 0.15) is 41.0 Å². The van der Waals surface area contributed by atoms with Crippen LogP contribution in [-0.2, 0) is 4.74 Å². The lowest BCUT2D eigenvalue weighted by atomic mass is 9.88. The molecule has 2 N–H and O–H groups in total. The molecule has 2 aliphatic rings. The second-order valence-corrected chi connectivity index (χ2v) is 8.66. The highest BCUT2D eigenvalue weighted by Crippen LogP contribution is 2.41. The maximum atomic E-state index is 6.18. The zero-order chi connectivity index (χ0) is 13.6. The normalized spacial score (nSPS) is 40.0. The molecular formula is C14H28N2OS. The first kappa shape index (κ1) is 14.6. The van der Waals surface area contributed by atoms with Gasteiger partial charge in [-0.1, -0.05) is 6.92 Å². The van der Waals surface area contributed by atoms with Gasteiger partial charge in [-0.2, -0.15) is 11.8 Å². The Morgan fingerprint density at radius 1 is 1.22 bits per heavy atom. The van der Waals surface area contributed by atoms with E-state index in [1.54, 1.807) is 0 Å². The number of nitrogens with zero attached hydrogens (tertiary/aromatic N) is 1. The van der Waals surface area contributed by atoms with Gasteiger partial charge in [0.05, 0.1) is 11.2 Å². The third-order valence-electron chi connectivity index (χ3n) is 4.05. The van der Waals surface area contributed by atoms with Gasteiger partial charge >= 0.3 is 0 Å². The van der Waals surface area contributed by atoms with Crippen LogP contribution in [0.25, 0.3) is 0 Å². The van der Waals surface area contributed by atoms with Crippen LogP contribution in [0.2, 0.25) is 0 Å². The van der Waals surface area contributed by atoms with Crippen molar-refractivity contribution in [1.29, 1.82) is 0 Å². The molecule has 0 aromatic carbocycles. The molecule has 18 heavy (non-hydrogen) atoms. The van der Waals surface area contributed by atoms with Crippen molar-refractivity contribution >= 4 is 11.8 Å². The Morgan fingerprint density at radius 3 is 2.17 bits per heavy atom. The third kappa shape index (κ3) is 2.87. The Kier molecular flexibility index (Phi) is 3.78. The van der Waals surface area contributed by atoms with Crippen molar-refractivity contribution in [2.75, 3.05) is 25.4 Å². The first-order valence-electron chi connectivity index (χ1n) is 6.95. The van der Waals surface area contributed by atoms with E-state index in [1.807, 2.05) is 0 Å². The van der Waals surface area contributed by atoms with Gasteiger partial charge in [0.2, 0.25) is 0 Å². The quantitative estimate of drug-likeness (QED) is 0.835. The van der Waals surface area contributed by atoms with E-state index in [-0.39, 0.29) is 16.7 Å². The number of rotatable bonds is 2. The predicted molar refractivity (Wildman–Crippen MR) is 79.1 cm³/mol. The SMILES string of the molecule is CC1CC(CN)(N2CC(C)(C)OC(C)(C)C2)CS1. The summed E-state index contributed by atoms with van der Waals surface area (Å²) >= 11 is 2.06. The van der Waals surface area contributed by atoms with Gasteiger partial charge in [-0.05, 0) is 34.1 Å². The molecule has 0 amide bonds. The number of nitrogens with two attached hydrogens (primary N) is 1. The smallest absolute Gasteiger partial charge is 0.0761 e. The molecule has 0 saturated carbocycles. The Bertz CT molecular complexity index is 303. The van der Waals surface area contributed by atoms with Gasteiger partial charge in [0.25, 0.3) is 0 Å². The lowest BCUT2D eigenvalue weighted by Gasteiger charge is -2.53. The summed E-state index contributed by atoms with van der Waals surface area (Å²) in [6.45, 7) is 13.8. The monoisotopic (exact) mass is 272 g/mol. The van der Waals surface area contributed by atoms with Crippen molar-refractivity contribution in [3.63, 3.8) is 0 Å². The Morgan fingerprint density at radius 2 is 1.78 bits per heavy atom. The van der Waals surface area contributed by atoms with E-state index < -0.39 is 0 Å². The highest BCUT2D eigenvalue weighted by molar-refractivity contribution is 8.00. The molecule has 2 aliphatic heterocycles. The lowest BCUT2D eigenvalue weighted by Crippen LogP contribution is -2.66. The van der Waals surface area contributed by atoms with Crippen LogP contribution in [0.3, 0.4) is 0 Å². The van der Waals surface area contributed by atoms with E-state index in [1.165, 1.54) is 6.42 Å². The molecule has 0 aromatic heterocycles. The largest absolute Gasteiger partial charge is 0.367 e. The summed E-state index contributed by atoms with van der Waals surface area (Å²) in [7, 11) is 0. The predicted octanol–water partition coefficient (Wildman–Crippen LogP) is 2.10. The zero-order valence-corrected chi connectivity index (χ0v) is 13.3. The van der Waals surface area contributed by atoms with Crippen LogP contribution in [0, 0.1) is 0 Å². The second kappa shape index (κ2) is 4.65. The summed E-state index contributed by atoms with van der Waals surface area (Å²) in [6, 6.07) is 0. The minimum absolute atomic E-state index is 0.0829. The molecule has 0 aromatic rings. The van der Waals surface area contributed by atoms with Crippen molar-refractivity contribution in [1.82, 2.24) is 4.90 Å². The van der Waals surface area contributed by atoms with E-state index in [2.05, 4.69) is 51.3 Å². The summed E-state index contributed by atoms with van der Waals surface area (Å²) in [6.07, 6.45) is 1.21. The average Bonchev–Trinajstić information content (AvgIpc) is 2.56. The van der Waals surface area contributed by atoms with Gasteiger partial charge in [0.15, 0.2) is 0 Å². The fraction of sp³-hybridized carbons (Fsp3) is 1.00. The Hall–Kier alpha value is 0.230. The fourth-order valence-electron chi connectivity index (χ4n) is 3.57. The van der Waals surface area contributed by atoms with Gasteiger partial charge in [0.1, 0.15) is 0 Å². The maximum absolute atomic E-state index is 6.18. The molecule has 0 spiro atoms. The summed E-state index contributed by atoms with van der Waals surface area (Å²) in [5, 5.41) is 0.725. The van der Waals surface area contributed by atoms with Crippen LogP contribution in [-0.4, -0.2) is 52.3 Å². The van der Waals surface area contributed by atoms with Crippen LogP contribution in [0.5, 0.6) is 0 Å². The number of hydrogen-bond acceptors (Lipinski definition) is 4. The van der Waals surface area contributed by atoms with E-state index >= 15 is 0 Å². The molecule has 3 nitrogen and oxygen atoms in total. The summed E-state index contributed by atoms with van der Waals surface area (Å²) in [5.74, 6) is 1.16. The van der Waals surface area contributed by atoms with E-state index in [9.17, 15) is 0 Å². The summed E-state index contributed by atoms with van der Waals surface area (Å²) in [5.41, 5.74) is 6.16. The van der Waals surface area contributed by atoms with E-state index in [4.69, 9.17) is 10.5 Å². The molecule has 2 unspecified atom stereocenters. The number of ether oxygens (including phenoxy) is 1. The molecule has 0 radical (unpaired) electrons. The van der Waals surface area contributed by atoms with Gasteiger partial charge in [-0.3, -0.25) is 4.90 Å². The summed E-state index contributed by atoms with van der Waals surface area (Å²) < 4.78 is 6.18. The van der Waals surface area contributed by atoms with Crippen molar-refractivity contribution in [3.05, 3.63) is 0 Å². The summed E-state index contributed by atoms with van der Waals surface area (Å²) in [4.78, 5) is 2.60. The van der Waals surface area contributed by atoms with Crippen LogP contribution in [0.4, 0.5) is 0 Å². The fourth-order valence-corrected chi connectivity index (χ4v) is 5.01. The lowest BCUT2D eigenvalue weighted by molar-refractivity contribution is -0.196. The van der Waals surface area contributed by atoms with Crippen molar-refractivity contribution in [3.8, 4) is 0 Å². The highest BCUT2D eigenvalue weighted by Gasteiger charge is 2.48. The van der Waals surface area contributed by atoms with Gasteiger partial charge in [-0.15, -0.1) is 0 Å². The molecule has 2 atom stereocenters.